The molecule has 5 nitrogen and oxygen atoms in total. The second-order valence-corrected chi connectivity index (χ2v) is 6.98. The second kappa shape index (κ2) is 6.80. The van der Waals surface area contributed by atoms with Gasteiger partial charge in [0.25, 0.3) is 0 Å². The van der Waals surface area contributed by atoms with E-state index >= 15 is 0 Å². The van der Waals surface area contributed by atoms with Crippen molar-refractivity contribution in [3.8, 4) is 0 Å². The number of halogens is 1. The number of fused-ring (bicyclic) bond motifs is 1. The quantitative estimate of drug-likeness (QED) is 0.671. The van der Waals surface area contributed by atoms with Crippen LogP contribution in [-0.4, -0.2) is 28.5 Å². The molecule has 25 heavy (non-hydrogen) atoms. The van der Waals surface area contributed by atoms with E-state index in [-0.39, 0.29) is 0 Å². The van der Waals surface area contributed by atoms with Gasteiger partial charge in [-0.25, -0.2) is 9.97 Å². The lowest BCUT2D eigenvalue weighted by atomic mass is 10.0. The molecule has 0 amide bonds. The van der Waals surface area contributed by atoms with Crippen molar-refractivity contribution >= 4 is 33.5 Å². The maximum atomic E-state index is 4.69. The molecule has 2 aromatic carbocycles. The van der Waals surface area contributed by atoms with Gasteiger partial charge in [-0.05, 0) is 35.7 Å². The number of nitrogens with zero attached hydrogens (tertiary/aromatic N) is 5. The Labute approximate surface area is 155 Å². The fourth-order valence-electron chi connectivity index (χ4n) is 3.06. The van der Waals surface area contributed by atoms with Gasteiger partial charge in [0.15, 0.2) is 0 Å². The summed E-state index contributed by atoms with van der Waals surface area (Å²) in [6.45, 7) is 1.75. The van der Waals surface area contributed by atoms with Gasteiger partial charge in [-0.15, -0.1) is 0 Å². The predicted octanol–water partition coefficient (Wildman–Crippen LogP) is 3.96. The first kappa shape index (κ1) is 16.0. The van der Waals surface area contributed by atoms with Crippen molar-refractivity contribution < 1.29 is 0 Å². The number of rotatable bonds is 3. The van der Waals surface area contributed by atoms with Crippen molar-refractivity contribution in [3.63, 3.8) is 0 Å². The molecule has 6 heteroatoms. The molecule has 1 aliphatic rings. The summed E-state index contributed by atoms with van der Waals surface area (Å²) in [5, 5.41) is 0. The third-order valence-electron chi connectivity index (χ3n) is 4.46. The summed E-state index contributed by atoms with van der Waals surface area (Å²) in [5.41, 5.74) is 3.78. The minimum atomic E-state index is 0.641. The van der Waals surface area contributed by atoms with Gasteiger partial charge in [0.1, 0.15) is 6.33 Å². The largest absolute Gasteiger partial charge is 0.336 e. The molecule has 0 atom stereocenters. The number of benzene rings is 2. The van der Waals surface area contributed by atoms with Gasteiger partial charge in [0.05, 0.1) is 0 Å². The van der Waals surface area contributed by atoms with Crippen LogP contribution in [0.3, 0.4) is 0 Å². The lowest BCUT2D eigenvalue weighted by molar-refractivity contribution is 0.703. The molecule has 0 aliphatic carbocycles. The maximum Gasteiger partial charge on any atom is 0.234 e. The zero-order chi connectivity index (χ0) is 17.2. The van der Waals surface area contributed by atoms with E-state index < -0.39 is 0 Å². The smallest absolute Gasteiger partial charge is 0.234 e. The van der Waals surface area contributed by atoms with Crippen LogP contribution < -0.4 is 9.80 Å². The molecule has 1 aliphatic heterocycles. The molecule has 126 valence electrons. The average Bonchev–Trinajstić information content (AvgIpc) is 2.67. The van der Waals surface area contributed by atoms with Gasteiger partial charge < -0.3 is 9.80 Å². The van der Waals surface area contributed by atoms with Gasteiger partial charge >= 0.3 is 0 Å². The van der Waals surface area contributed by atoms with Crippen LogP contribution in [0.4, 0.5) is 17.6 Å². The summed E-state index contributed by atoms with van der Waals surface area (Å²) < 4.78 is 1.03. The van der Waals surface area contributed by atoms with Crippen molar-refractivity contribution in [2.75, 3.05) is 23.4 Å². The highest BCUT2D eigenvalue weighted by molar-refractivity contribution is 9.10. The first-order chi connectivity index (χ1) is 12.2. The Morgan fingerprint density at radius 2 is 1.88 bits per heavy atom. The minimum absolute atomic E-state index is 0.641. The summed E-state index contributed by atoms with van der Waals surface area (Å²) in [4.78, 5) is 17.6. The number of hydrogen-bond acceptors (Lipinski definition) is 5. The summed E-state index contributed by atoms with van der Waals surface area (Å²) in [5.74, 6) is 1.36. The molecule has 0 spiro atoms. The number of hydrogen-bond donors (Lipinski definition) is 0. The Hall–Kier alpha value is -2.47. The monoisotopic (exact) mass is 395 g/mol. The van der Waals surface area contributed by atoms with Crippen molar-refractivity contribution in [1.29, 1.82) is 0 Å². The highest BCUT2D eigenvalue weighted by Crippen LogP contribution is 2.26. The van der Waals surface area contributed by atoms with E-state index in [9.17, 15) is 0 Å². The zero-order valence-electron chi connectivity index (χ0n) is 13.9. The Kier molecular flexibility index (Phi) is 4.36. The zero-order valence-corrected chi connectivity index (χ0v) is 15.5. The third-order valence-corrected chi connectivity index (χ3v) is 4.95. The summed E-state index contributed by atoms with van der Waals surface area (Å²) in [6.07, 6.45) is 2.60. The van der Waals surface area contributed by atoms with Gasteiger partial charge in [-0.2, -0.15) is 4.98 Å². The molecule has 0 N–H and O–H groups in total. The predicted molar refractivity (Wildman–Crippen MR) is 103 cm³/mol. The molecule has 0 fully saturated rings. The van der Waals surface area contributed by atoms with E-state index in [1.54, 1.807) is 6.33 Å². The fourth-order valence-corrected chi connectivity index (χ4v) is 3.45. The fraction of sp³-hybridized carbons (Fsp3) is 0.211. The summed E-state index contributed by atoms with van der Waals surface area (Å²) in [6, 6.07) is 16.6. The van der Waals surface area contributed by atoms with E-state index in [1.165, 1.54) is 11.1 Å². The SMILES string of the molecule is CN(c1cccc(Br)c1)c1ncnc(N2CCc3ccccc3C2)n1. The molecule has 0 radical (unpaired) electrons. The molecule has 0 saturated heterocycles. The van der Waals surface area contributed by atoms with E-state index in [1.807, 2.05) is 36.2 Å². The van der Waals surface area contributed by atoms with Crippen LogP contribution in [0.25, 0.3) is 0 Å². The van der Waals surface area contributed by atoms with Crippen LogP contribution in [-0.2, 0) is 13.0 Å². The van der Waals surface area contributed by atoms with E-state index in [0.29, 0.717) is 5.95 Å². The highest BCUT2D eigenvalue weighted by atomic mass is 79.9. The maximum absolute atomic E-state index is 4.69. The Balaban J connectivity index is 1.60. The van der Waals surface area contributed by atoms with Crippen molar-refractivity contribution in [2.45, 2.75) is 13.0 Å². The van der Waals surface area contributed by atoms with Crippen LogP contribution >= 0.6 is 15.9 Å². The topological polar surface area (TPSA) is 45.2 Å². The normalized spacial score (nSPS) is 13.4. The van der Waals surface area contributed by atoms with Gasteiger partial charge in [0.2, 0.25) is 11.9 Å². The second-order valence-electron chi connectivity index (χ2n) is 6.06. The summed E-state index contributed by atoms with van der Waals surface area (Å²) >= 11 is 3.51. The van der Waals surface area contributed by atoms with Gasteiger partial charge in [-0.3, -0.25) is 0 Å². The van der Waals surface area contributed by atoms with Crippen LogP contribution in [0.5, 0.6) is 0 Å². The molecule has 0 bridgehead atoms. The molecular formula is C19H18BrN5. The molecule has 0 unspecified atom stereocenters. The number of anilines is 3. The standard InChI is InChI=1S/C19H18BrN5/c1-24(17-8-4-7-16(20)11-17)18-21-13-22-19(23-18)25-10-9-14-5-2-3-6-15(14)12-25/h2-8,11,13H,9-10,12H2,1H3. The van der Waals surface area contributed by atoms with Crippen molar-refractivity contribution in [3.05, 3.63) is 70.5 Å². The average molecular weight is 396 g/mol. The Bertz CT molecular complexity index is 898. The first-order valence-electron chi connectivity index (χ1n) is 8.21. The van der Waals surface area contributed by atoms with Gasteiger partial charge in [0, 0.05) is 30.3 Å². The van der Waals surface area contributed by atoms with E-state index in [0.717, 1.165) is 35.6 Å². The Morgan fingerprint density at radius 1 is 1.04 bits per heavy atom. The van der Waals surface area contributed by atoms with Crippen LogP contribution in [0.2, 0.25) is 0 Å². The first-order valence-corrected chi connectivity index (χ1v) is 9.00. The third kappa shape index (κ3) is 3.35. The Morgan fingerprint density at radius 3 is 2.72 bits per heavy atom. The van der Waals surface area contributed by atoms with Crippen LogP contribution in [0.15, 0.2) is 59.3 Å². The highest BCUT2D eigenvalue weighted by Gasteiger charge is 2.19. The minimum Gasteiger partial charge on any atom is -0.336 e. The van der Waals surface area contributed by atoms with Crippen molar-refractivity contribution in [2.24, 2.45) is 0 Å². The molecule has 1 aromatic heterocycles. The molecule has 4 rings (SSSR count). The van der Waals surface area contributed by atoms with Gasteiger partial charge in [-0.1, -0.05) is 46.3 Å². The molecule has 2 heterocycles. The lowest BCUT2D eigenvalue weighted by Crippen LogP contribution is -2.32. The van der Waals surface area contributed by atoms with Crippen molar-refractivity contribution in [1.82, 2.24) is 15.0 Å². The van der Waals surface area contributed by atoms with Crippen LogP contribution in [0.1, 0.15) is 11.1 Å². The lowest BCUT2D eigenvalue weighted by Gasteiger charge is -2.29. The summed E-state index contributed by atoms with van der Waals surface area (Å²) in [7, 11) is 1.96. The number of aromatic nitrogens is 3. The van der Waals surface area contributed by atoms with E-state index in [2.05, 4.69) is 60.0 Å². The molecule has 3 aromatic rings. The molecular weight excluding hydrogens is 378 g/mol. The van der Waals surface area contributed by atoms with E-state index in [4.69, 9.17) is 0 Å². The van der Waals surface area contributed by atoms with Crippen LogP contribution in [0, 0.1) is 0 Å². The molecule has 0 saturated carbocycles.